The van der Waals surface area contributed by atoms with Crippen molar-refractivity contribution in [3.8, 4) is 68.3 Å². The number of allylic oxidation sites excluding steroid dienone is 6. The first-order chi connectivity index (χ1) is 64.2. The summed E-state index contributed by atoms with van der Waals surface area (Å²) in [6.45, 7) is 37.7. The predicted octanol–water partition coefficient (Wildman–Crippen LogP) is 21.6. The molecule has 11 aliphatic rings. The minimum atomic E-state index is -0.192. The summed E-state index contributed by atoms with van der Waals surface area (Å²) in [6.07, 6.45) is 40.4. The number of nitrogens with one attached hydrogen (secondary N) is 6. The molecule has 23 heteroatoms. The van der Waals surface area contributed by atoms with Gasteiger partial charge in [0.05, 0.1) is 53.0 Å². The Morgan fingerprint density at radius 2 is 0.797 bits per heavy atom. The maximum absolute atomic E-state index is 11.2. The first-order valence-electron chi connectivity index (χ1n) is 48.1. The van der Waals surface area contributed by atoms with Crippen molar-refractivity contribution in [1.29, 1.82) is 0 Å². The molecular formula is C110H136N14O9. The summed E-state index contributed by atoms with van der Waals surface area (Å²) in [4.78, 5) is 38.1. The number of ether oxygens (including phenoxy) is 6. The van der Waals surface area contributed by atoms with E-state index in [-0.39, 0.29) is 34.1 Å². The van der Waals surface area contributed by atoms with Crippen molar-refractivity contribution in [3.05, 3.63) is 300 Å². The van der Waals surface area contributed by atoms with Gasteiger partial charge in [0, 0.05) is 94.2 Å². The molecule has 6 aromatic carbocycles. The summed E-state index contributed by atoms with van der Waals surface area (Å²) < 4.78 is 37.2. The summed E-state index contributed by atoms with van der Waals surface area (Å²) in [7, 11) is 2.17. The van der Waals surface area contributed by atoms with E-state index in [1.54, 1.807) is 18.2 Å². The van der Waals surface area contributed by atoms with Crippen LogP contribution in [0, 0.1) is 65.2 Å². The van der Waals surface area contributed by atoms with Gasteiger partial charge in [0.1, 0.15) is 51.9 Å². The maximum Gasteiger partial charge on any atom is 0.264 e. The number of nitrogens with zero attached hydrogens (tertiary/aromatic N) is 8. The van der Waals surface area contributed by atoms with Gasteiger partial charge in [-0.2, -0.15) is 30.6 Å². The molecule has 3 aromatic heterocycles. The molecule has 0 spiro atoms. The largest absolute Gasteiger partial charge is 0.493 e. The van der Waals surface area contributed by atoms with Gasteiger partial charge in [0.15, 0.2) is 0 Å². The molecule has 5 aliphatic heterocycles. The Balaban J connectivity index is 0.000000128. The zero-order valence-corrected chi connectivity index (χ0v) is 79.8. The Labute approximate surface area is 785 Å². The fourth-order valence-electron chi connectivity index (χ4n) is 19.4. The first kappa shape index (κ1) is 96.6. The van der Waals surface area contributed by atoms with E-state index in [2.05, 4.69) is 203 Å². The lowest BCUT2D eigenvalue weighted by Gasteiger charge is -2.56. The maximum atomic E-state index is 11.2. The SMILES string of the molecule is C=C1C=CC(c2ccc(OC(C)(C)CC)c(C)c2)=NN1.C=C1C=CC(c2ccc(OC(C)N3CCCCC3)c(C)c2)=NN1.C=C1C=CC(c2ccc(OC3CCCCCC3)c(C)c2)=NN1.Cc1cc(-c2ccc(=O)[nH]n2)ccc1OC12CC3CC(CC(C3)C1)C2.Cc1cc(-c2ccc(=O)[nH]n2)ccc1OC1CCCC1.Cc1cc(-c2ccc(=O)[nH]n2)ccc1OCC1CCCN(C)C1. The van der Waals surface area contributed by atoms with Crippen molar-refractivity contribution in [3.63, 3.8) is 0 Å². The average molecular weight is 1800 g/mol. The van der Waals surface area contributed by atoms with Crippen LogP contribution in [0.25, 0.3) is 33.8 Å². The normalized spacial score (nSPS) is 20.6. The third-order valence-corrected chi connectivity index (χ3v) is 26.8. The number of piperidine rings is 2. The number of hydrogen-bond donors (Lipinski definition) is 6. The molecular weight excluding hydrogens is 1660 g/mol. The second kappa shape index (κ2) is 45.8. The molecule has 6 aliphatic carbocycles. The van der Waals surface area contributed by atoms with Gasteiger partial charge >= 0.3 is 0 Å². The van der Waals surface area contributed by atoms with Crippen molar-refractivity contribution in [2.45, 2.75) is 240 Å². The summed E-state index contributed by atoms with van der Waals surface area (Å²) >= 11 is 0. The van der Waals surface area contributed by atoms with Gasteiger partial charge in [-0.05, 0) is 413 Å². The monoisotopic (exact) mass is 1800 g/mol. The Bertz CT molecular complexity index is 5840. The Kier molecular flexibility index (Phi) is 33.2. The number of H-pyrrole nitrogens is 3. The highest BCUT2D eigenvalue weighted by Gasteiger charge is 2.53. The van der Waals surface area contributed by atoms with Crippen molar-refractivity contribution in [1.82, 2.24) is 56.7 Å². The lowest BCUT2D eigenvalue weighted by molar-refractivity contribution is -0.107. The molecule has 6 N–H and O–H groups in total. The van der Waals surface area contributed by atoms with Gasteiger partial charge in [-0.1, -0.05) is 45.9 Å². The van der Waals surface area contributed by atoms with Gasteiger partial charge in [-0.15, -0.1) is 0 Å². The van der Waals surface area contributed by atoms with E-state index in [1.807, 2.05) is 111 Å². The molecule has 2 saturated heterocycles. The number of hydrazone groups is 3. The smallest absolute Gasteiger partial charge is 0.264 e. The van der Waals surface area contributed by atoms with E-state index in [1.165, 1.54) is 152 Å². The topological polar surface area (TPSA) is 272 Å². The highest BCUT2D eigenvalue weighted by Crippen LogP contribution is 2.57. The van der Waals surface area contributed by atoms with Crippen LogP contribution in [0.4, 0.5) is 0 Å². The van der Waals surface area contributed by atoms with Gasteiger partial charge in [0.2, 0.25) is 0 Å². The lowest BCUT2D eigenvalue weighted by atomic mass is 9.54. The third kappa shape index (κ3) is 27.6. The van der Waals surface area contributed by atoms with Crippen LogP contribution in [-0.4, -0.2) is 127 Å². The Morgan fingerprint density at radius 1 is 0.429 bits per heavy atom. The molecule has 23 nitrogen and oxygen atoms in total. The molecule has 20 rings (SSSR count). The molecule has 2 unspecified atom stereocenters. The van der Waals surface area contributed by atoms with Crippen molar-refractivity contribution >= 4 is 17.1 Å². The molecule has 2 atom stereocenters. The number of hydrogen-bond acceptors (Lipinski definition) is 20. The number of benzene rings is 6. The second-order valence-electron chi connectivity index (χ2n) is 38.3. The van der Waals surface area contributed by atoms with E-state index < -0.39 is 0 Å². The minimum absolute atomic E-state index is 0.0806. The zero-order valence-electron chi connectivity index (χ0n) is 79.8. The van der Waals surface area contributed by atoms with E-state index in [0.717, 1.165) is 210 Å². The quantitative estimate of drug-likeness (QED) is 0.0365. The van der Waals surface area contributed by atoms with Gasteiger partial charge < -0.3 is 33.3 Å². The molecule has 4 bridgehead atoms. The van der Waals surface area contributed by atoms with Crippen LogP contribution in [0.2, 0.25) is 0 Å². The fraction of sp³-hybridized carbons (Fsp3) is 0.427. The zero-order chi connectivity index (χ0) is 93.5. The standard InChI is InChI=1S/C21H24N2O2.C19H25N3O.C19H24N2O.C18H23N3O2.C17H22N2O.C16H18N2O2/c1-13-6-17(18-3-5-20(24)23-22-18)2-4-19(13)25-21-10-14-7-15(11-21)9-16(8-14)12-21;1-14-13-17(18-9-7-15(2)20-21-18)8-10-19(14)23-16(3)22-11-5-4-6-12-22;1-14-13-16(18-11-9-15(2)20-21-18)10-12-19(14)22-17-7-5-3-4-6-8-17;1-13-10-15(16-6-8-18(22)20-19-16)5-7-17(13)23-12-14-4-3-9-21(2)11-14;1-6-17(4,5)20-16-10-8-14(11-12(16)2)15-9-7-13(3)18-19-15;1-11-10-12(14-7-9-16(19)18-17-14)6-8-15(11)20-13-4-2-3-5-13/h2-6,14-16H,7-12H2,1H3,(H,23,24);7-10,13,16,20H,2,4-6,11-12H2,1,3H3;9-13,17,20H,2-8H2,1H3;5-8,10,14H,3-4,9,11-12H2,1-2H3,(H,20,22);7-11,18H,3,6H2,1-2,4-5H3;6-10,13H,2-5H2,1H3,(H,18,19). The Morgan fingerprint density at radius 3 is 1.17 bits per heavy atom. The van der Waals surface area contributed by atoms with Crippen LogP contribution in [0.3, 0.4) is 0 Å². The molecule has 6 saturated carbocycles. The number of aromatic nitrogens is 6. The predicted molar refractivity (Wildman–Crippen MR) is 535 cm³/mol. The fourth-order valence-corrected chi connectivity index (χ4v) is 19.4. The number of aromatic amines is 3. The van der Waals surface area contributed by atoms with E-state index in [4.69, 9.17) is 28.4 Å². The van der Waals surface area contributed by atoms with Gasteiger partial charge in [0.25, 0.3) is 16.7 Å². The Hall–Kier alpha value is -12.5. The van der Waals surface area contributed by atoms with Gasteiger partial charge in [-0.3, -0.25) is 35.6 Å². The summed E-state index contributed by atoms with van der Waals surface area (Å²) in [5.74, 6) is 9.03. The third-order valence-electron chi connectivity index (χ3n) is 26.8. The van der Waals surface area contributed by atoms with Crippen molar-refractivity contribution in [2.75, 3.05) is 39.8 Å². The molecule has 0 amide bonds. The highest BCUT2D eigenvalue weighted by atomic mass is 16.5. The van der Waals surface area contributed by atoms with Crippen molar-refractivity contribution in [2.24, 2.45) is 39.0 Å². The molecule has 9 aromatic rings. The van der Waals surface area contributed by atoms with Crippen LogP contribution >= 0.6 is 0 Å². The number of rotatable bonds is 21. The summed E-state index contributed by atoms with van der Waals surface area (Å²) in [6, 6.07) is 46.7. The molecule has 8 fully saturated rings. The molecule has 700 valence electrons. The van der Waals surface area contributed by atoms with E-state index in [0.29, 0.717) is 18.1 Å². The average Bonchev–Trinajstić information content (AvgIpc) is 0.836. The van der Waals surface area contributed by atoms with Crippen molar-refractivity contribution < 1.29 is 28.4 Å². The van der Waals surface area contributed by atoms with Crippen LogP contribution in [-0.2, 0) is 0 Å². The highest BCUT2D eigenvalue weighted by molar-refractivity contribution is 6.10. The number of likely N-dealkylation sites (tertiary alicyclic amines) is 2. The summed E-state index contributed by atoms with van der Waals surface area (Å²) in [5.41, 5.74) is 28.5. The van der Waals surface area contributed by atoms with E-state index >= 15 is 0 Å². The lowest BCUT2D eigenvalue weighted by Crippen LogP contribution is -2.53. The first-order valence-corrected chi connectivity index (χ1v) is 48.1. The van der Waals surface area contributed by atoms with Crippen LogP contribution in [0.15, 0.2) is 249 Å². The molecule has 133 heavy (non-hydrogen) atoms. The van der Waals surface area contributed by atoms with Gasteiger partial charge in [-0.25, -0.2) is 15.3 Å². The van der Waals surface area contributed by atoms with Crippen LogP contribution < -0.4 is 61.4 Å². The number of aryl methyl sites for hydroxylation is 6. The summed E-state index contributed by atoms with van der Waals surface area (Å²) in [5, 5.41) is 32.6. The van der Waals surface area contributed by atoms with Crippen LogP contribution in [0.5, 0.6) is 34.5 Å². The minimum Gasteiger partial charge on any atom is -0.493 e. The van der Waals surface area contributed by atoms with E-state index in [9.17, 15) is 14.4 Å². The second-order valence-corrected chi connectivity index (χ2v) is 38.3. The molecule has 8 heterocycles. The molecule has 0 radical (unpaired) electrons. The van der Waals surface area contributed by atoms with Crippen LogP contribution in [0.1, 0.15) is 219 Å².